The van der Waals surface area contributed by atoms with Crippen LogP contribution in [0.3, 0.4) is 0 Å². The fraction of sp³-hybridized carbons (Fsp3) is 0.769. The molecule has 1 heterocycles. The Morgan fingerprint density at radius 1 is 1.53 bits per heavy atom. The van der Waals surface area contributed by atoms with E-state index in [2.05, 4.69) is 15.5 Å². The molecular formula is C13H21N3O3. The number of carbonyl (C=O) groups is 1. The van der Waals surface area contributed by atoms with Crippen molar-refractivity contribution in [3.8, 4) is 0 Å². The fourth-order valence-electron chi connectivity index (χ4n) is 1.80. The Hall–Kier alpha value is -1.59. The van der Waals surface area contributed by atoms with E-state index in [1.807, 2.05) is 27.7 Å². The highest BCUT2D eigenvalue weighted by molar-refractivity contribution is 5.68. The van der Waals surface area contributed by atoms with E-state index >= 15 is 0 Å². The first-order valence-electron chi connectivity index (χ1n) is 6.71. The van der Waals surface area contributed by atoms with Gasteiger partial charge in [-0.05, 0) is 39.5 Å². The van der Waals surface area contributed by atoms with Crippen molar-refractivity contribution in [1.29, 1.82) is 0 Å². The molecule has 0 bridgehead atoms. The Balaban J connectivity index is 2.02. The number of rotatable bonds is 4. The van der Waals surface area contributed by atoms with Crippen LogP contribution in [0, 0.1) is 5.92 Å². The van der Waals surface area contributed by atoms with Gasteiger partial charge in [0.05, 0.1) is 6.04 Å². The van der Waals surface area contributed by atoms with E-state index in [4.69, 9.17) is 9.26 Å². The van der Waals surface area contributed by atoms with Crippen LogP contribution >= 0.6 is 0 Å². The lowest BCUT2D eigenvalue weighted by atomic mass is 10.2. The predicted octanol–water partition coefficient (Wildman–Crippen LogP) is 2.61. The van der Waals surface area contributed by atoms with Gasteiger partial charge in [-0.3, -0.25) is 0 Å². The molecule has 1 aliphatic carbocycles. The summed E-state index contributed by atoms with van der Waals surface area (Å²) in [6.45, 7) is 7.46. The number of hydrogen-bond donors (Lipinski definition) is 1. The molecule has 1 aromatic heterocycles. The fourth-order valence-corrected chi connectivity index (χ4v) is 1.80. The van der Waals surface area contributed by atoms with Gasteiger partial charge >= 0.3 is 6.09 Å². The number of nitrogens with one attached hydrogen (secondary N) is 1. The third-order valence-electron chi connectivity index (χ3n) is 2.83. The molecule has 0 radical (unpaired) electrons. The molecule has 0 saturated heterocycles. The predicted molar refractivity (Wildman–Crippen MR) is 68.5 cm³/mol. The van der Waals surface area contributed by atoms with Gasteiger partial charge in [0.25, 0.3) is 0 Å². The van der Waals surface area contributed by atoms with E-state index in [-0.39, 0.29) is 6.04 Å². The van der Waals surface area contributed by atoms with Crippen molar-refractivity contribution in [2.75, 3.05) is 0 Å². The van der Waals surface area contributed by atoms with Crippen LogP contribution < -0.4 is 5.32 Å². The van der Waals surface area contributed by atoms with Crippen LogP contribution in [0.4, 0.5) is 4.79 Å². The lowest BCUT2D eigenvalue weighted by molar-refractivity contribution is 0.0494. The van der Waals surface area contributed by atoms with Crippen LogP contribution in [-0.2, 0) is 11.2 Å². The molecule has 1 amide bonds. The first kappa shape index (κ1) is 13.8. The smallest absolute Gasteiger partial charge is 0.408 e. The molecule has 1 aliphatic rings. The second kappa shape index (κ2) is 5.19. The van der Waals surface area contributed by atoms with Crippen LogP contribution in [-0.4, -0.2) is 21.8 Å². The summed E-state index contributed by atoms with van der Waals surface area (Å²) in [7, 11) is 0. The van der Waals surface area contributed by atoms with Crippen molar-refractivity contribution in [2.24, 2.45) is 5.92 Å². The van der Waals surface area contributed by atoms with Gasteiger partial charge in [0, 0.05) is 6.42 Å². The second-order valence-corrected chi connectivity index (χ2v) is 5.86. The van der Waals surface area contributed by atoms with Crippen LogP contribution in [0.15, 0.2) is 4.52 Å². The largest absolute Gasteiger partial charge is 0.444 e. The lowest BCUT2D eigenvalue weighted by Crippen LogP contribution is -2.36. The molecule has 0 aromatic carbocycles. The standard InChI is InChI=1S/C13H21N3O3/c1-5-9-14-11(16-19-9)10(8-6-7-8)15-12(17)18-13(2,3)4/h8,10H,5-7H2,1-4H3,(H,15,17). The highest BCUT2D eigenvalue weighted by atomic mass is 16.6. The average Bonchev–Trinajstić information content (AvgIpc) is 3.01. The molecule has 1 atom stereocenters. The van der Waals surface area contributed by atoms with Crippen molar-refractivity contribution >= 4 is 6.09 Å². The van der Waals surface area contributed by atoms with Crippen LogP contribution in [0.2, 0.25) is 0 Å². The van der Waals surface area contributed by atoms with Gasteiger partial charge in [-0.25, -0.2) is 4.79 Å². The van der Waals surface area contributed by atoms with Gasteiger partial charge in [-0.2, -0.15) is 4.98 Å². The van der Waals surface area contributed by atoms with Crippen LogP contribution in [0.25, 0.3) is 0 Å². The van der Waals surface area contributed by atoms with Gasteiger partial charge < -0.3 is 14.6 Å². The first-order valence-corrected chi connectivity index (χ1v) is 6.71. The van der Waals surface area contributed by atoms with E-state index in [9.17, 15) is 4.79 Å². The SMILES string of the molecule is CCc1nc(C(NC(=O)OC(C)(C)C)C2CC2)no1. The Morgan fingerprint density at radius 3 is 2.68 bits per heavy atom. The summed E-state index contributed by atoms with van der Waals surface area (Å²) >= 11 is 0. The quantitative estimate of drug-likeness (QED) is 0.907. The first-order chi connectivity index (χ1) is 8.89. The van der Waals surface area contributed by atoms with Gasteiger partial charge in [-0.15, -0.1) is 0 Å². The molecule has 1 aromatic rings. The molecule has 19 heavy (non-hydrogen) atoms. The van der Waals surface area contributed by atoms with Gasteiger partial charge in [0.2, 0.25) is 5.89 Å². The minimum absolute atomic E-state index is 0.209. The molecule has 1 saturated carbocycles. The number of carbonyl (C=O) groups excluding carboxylic acids is 1. The second-order valence-electron chi connectivity index (χ2n) is 5.86. The summed E-state index contributed by atoms with van der Waals surface area (Å²) in [5, 5.41) is 6.78. The van der Waals surface area contributed by atoms with E-state index in [0.717, 1.165) is 12.8 Å². The lowest BCUT2D eigenvalue weighted by Gasteiger charge is -2.22. The highest BCUT2D eigenvalue weighted by Gasteiger charge is 2.37. The van der Waals surface area contributed by atoms with Crippen molar-refractivity contribution < 1.29 is 14.1 Å². The summed E-state index contributed by atoms with van der Waals surface area (Å²) < 4.78 is 10.4. The van der Waals surface area contributed by atoms with E-state index in [1.165, 1.54) is 0 Å². The maximum absolute atomic E-state index is 11.8. The topological polar surface area (TPSA) is 77.2 Å². The molecule has 6 nitrogen and oxygen atoms in total. The summed E-state index contributed by atoms with van der Waals surface area (Å²) in [6, 6.07) is -0.209. The van der Waals surface area contributed by atoms with Crippen LogP contribution in [0.5, 0.6) is 0 Å². The molecule has 1 unspecified atom stereocenters. The molecule has 2 rings (SSSR count). The number of nitrogens with zero attached hydrogens (tertiary/aromatic N) is 2. The highest BCUT2D eigenvalue weighted by Crippen LogP contribution is 2.40. The maximum Gasteiger partial charge on any atom is 0.408 e. The Labute approximate surface area is 112 Å². The number of aromatic nitrogens is 2. The molecule has 0 spiro atoms. The zero-order chi connectivity index (χ0) is 14.0. The Bertz CT molecular complexity index is 446. The van der Waals surface area contributed by atoms with Crippen LogP contribution in [0.1, 0.15) is 58.3 Å². The zero-order valence-electron chi connectivity index (χ0n) is 11.9. The van der Waals surface area contributed by atoms with E-state index in [1.54, 1.807) is 0 Å². The number of aryl methyl sites for hydroxylation is 1. The molecule has 1 fully saturated rings. The van der Waals surface area contributed by atoms with Gasteiger partial charge in [0.15, 0.2) is 5.82 Å². The van der Waals surface area contributed by atoms with Gasteiger partial charge in [0.1, 0.15) is 5.60 Å². The number of amides is 1. The number of ether oxygens (including phenoxy) is 1. The summed E-state index contributed by atoms with van der Waals surface area (Å²) in [5.74, 6) is 1.52. The number of hydrogen-bond acceptors (Lipinski definition) is 5. The average molecular weight is 267 g/mol. The summed E-state index contributed by atoms with van der Waals surface area (Å²) in [5.41, 5.74) is -0.510. The summed E-state index contributed by atoms with van der Waals surface area (Å²) in [6.07, 6.45) is 2.39. The maximum atomic E-state index is 11.8. The normalized spacial score (nSPS) is 17.1. The third-order valence-corrected chi connectivity index (χ3v) is 2.83. The third kappa shape index (κ3) is 3.94. The molecule has 0 aliphatic heterocycles. The van der Waals surface area contributed by atoms with Crippen molar-refractivity contribution in [1.82, 2.24) is 15.5 Å². The molecule has 106 valence electrons. The molecule has 6 heteroatoms. The zero-order valence-corrected chi connectivity index (χ0v) is 11.9. The molecular weight excluding hydrogens is 246 g/mol. The monoisotopic (exact) mass is 267 g/mol. The number of alkyl carbamates (subject to hydrolysis) is 1. The minimum atomic E-state index is -0.510. The molecule has 1 N–H and O–H groups in total. The Morgan fingerprint density at radius 2 is 2.21 bits per heavy atom. The van der Waals surface area contributed by atoms with Crippen molar-refractivity contribution in [3.05, 3.63) is 11.7 Å². The summed E-state index contributed by atoms with van der Waals surface area (Å²) in [4.78, 5) is 16.1. The Kier molecular flexibility index (Phi) is 3.78. The minimum Gasteiger partial charge on any atom is -0.444 e. The van der Waals surface area contributed by atoms with E-state index in [0.29, 0.717) is 24.1 Å². The van der Waals surface area contributed by atoms with Crippen molar-refractivity contribution in [3.63, 3.8) is 0 Å². The van der Waals surface area contributed by atoms with Gasteiger partial charge in [-0.1, -0.05) is 12.1 Å². The van der Waals surface area contributed by atoms with Crippen molar-refractivity contribution in [2.45, 2.75) is 58.6 Å². The van der Waals surface area contributed by atoms with E-state index < -0.39 is 11.7 Å².